The second-order valence-corrected chi connectivity index (χ2v) is 3.64. The van der Waals surface area contributed by atoms with Crippen LogP contribution in [0.2, 0.25) is 0 Å². The molecule has 0 aliphatic heterocycles. The lowest BCUT2D eigenvalue weighted by molar-refractivity contribution is -0.140. The second-order valence-electron chi connectivity index (χ2n) is 3.64. The summed E-state index contributed by atoms with van der Waals surface area (Å²) in [5.74, 6) is -0.489. The van der Waals surface area contributed by atoms with E-state index >= 15 is 0 Å². The Bertz CT molecular complexity index is 249. The molecule has 0 aliphatic carbocycles. The van der Waals surface area contributed by atoms with Gasteiger partial charge in [0.25, 0.3) is 0 Å². The van der Waals surface area contributed by atoms with E-state index in [9.17, 15) is 9.59 Å². The Morgan fingerprint density at radius 3 is 2.50 bits per heavy atom. The van der Waals surface area contributed by atoms with Crippen molar-refractivity contribution in [2.75, 3.05) is 13.7 Å². The molecule has 0 saturated carbocycles. The quantitative estimate of drug-likeness (QED) is 0.391. The molecule has 1 amide bonds. The highest BCUT2D eigenvalue weighted by Crippen LogP contribution is 2.06. The molecule has 0 aromatic rings. The van der Waals surface area contributed by atoms with Crippen molar-refractivity contribution < 1.29 is 14.3 Å². The fraction of sp³-hybridized carbons (Fsp3) is 0.667. The van der Waals surface area contributed by atoms with E-state index in [-0.39, 0.29) is 18.3 Å². The van der Waals surface area contributed by atoms with Gasteiger partial charge in [-0.1, -0.05) is 26.3 Å². The van der Waals surface area contributed by atoms with E-state index in [4.69, 9.17) is 0 Å². The number of hydrogen-bond donors (Lipinski definition) is 1. The van der Waals surface area contributed by atoms with Gasteiger partial charge in [-0.2, -0.15) is 0 Å². The number of rotatable bonds is 8. The topological polar surface area (TPSA) is 55.4 Å². The van der Waals surface area contributed by atoms with Gasteiger partial charge in [-0.3, -0.25) is 9.59 Å². The molecule has 4 heteroatoms. The van der Waals surface area contributed by atoms with Gasteiger partial charge in [0.1, 0.15) is 0 Å². The van der Waals surface area contributed by atoms with Crippen molar-refractivity contribution in [3.8, 4) is 0 Å². The molecule has 0 radical (unpaired) electrons. The number of carbonyl (C=O) groups excluding carboxylic acids is 2. The summed E-state index contributed by atoms with van der Waals surface area (Å²) in [5, 5.41) is 2.64. The minimum atomic E-state index is -0.322. The van der Waals surface area contributed by atoms with Crippen molar-refractivity contribution in [1.29, 1.82) is 0 Å². The van der Waals surface area contributed by atoms with Crippen LogP contribution < -0.4 is 5.32 Å². The van der Waals surface area contributed by atoms with Gasteiger partial charge in [-0.05, 0) is 12.8 Å². The van der Waals surface area contributed by atoms with Crippen LogP contribution in [0.1, 0.15) is 39.0 Å². The lowest BCUT2D eigenvalue weighted by Gasteiger charge is -2.06. The van der Waals surface area contributed by atoms with E-state index in [1.54, 1.807) is 0 Å². The predicted molar refractivity (Wildman–Crippen MR) is 62.9 cm³/mol. The molecule has 0 bridgehead atoms. The van der Waals surface area contributed by atoms with Crippen LogP contribution in [0.25, 0.3) is 0 Å². The van der Waals surface area contributed by atoms with Gasteiger partial charge in [0.05, 0.1) is 13.5 Å². The molecule has 1 N–H and O–H groups in total. The van der Waals surface area contributed by atoms with E-state index in [1.807, 2.05) is 0 Å². The number of ether oxygens (including phenoxy) is 1. The Morgan fingerprint density at radius 1 is 1.25 bits per heavy atom. The number of nitrogens with one attached hydrogen (secondary N) is 1. The van der Waals surface area contributed by atoms with E-state index in [1.165, 1.54) is 7.11 Å². The van der Waals surface area contributed by atoms with Crippen molar-refractivity contribution in [1.82, 2.24) is 5.32 Å². The first-order chi connectivity index (χ1) is 7.61. The van der Waals surface area contributed by atoms with Crippen LogP contribution in [-0.4, -0.2) is 25.5 Å². The number of unbranched alkanes of at least 4 members (excludes halogenated alkanes) is 2. The lowest BCUT2D eigenvalue weighted by Crippen LogP contribution is -2.27. The Morgan fingerprint density at radius 2 is 1.94 bits per heavy atom. The summed E-state index contributed by atoms with van der Waals surface area (Å²) in [6.45, 7) is 6.13. The maximum absolute atomic E-state index is 11.4. The molecular formula is C12H21NO3. The molecule has 4 nitrogen and oxygen atoms in total. The standard InChI is InChI=1S/C12H21NO3/c1-4-5-6-7-10(2)12(15)13-9-8-11(14)16-3/h2,4-9H2,1,3H3,(H,13,15). The summed E-state index contributed by atoms with van der Waals surface area (Å²) in [6.07, 6.45) is 4.13. The van der Waals surface area contributed by atoms with Crippen molar-refractivity contribution in [3.63, 3.8) is 0 Å². The van der Waals surface area contributed by atoms with Crippen LogP contribution in [0.3, 0.4) is 0 Å². The molecule has 0 aromatic carbocycles. The summed E-state index contributed by atoms with van der Waals surface area (Å²) in [4.78, 5) is 22.2. The summed E-state index contributed by atoms with van der Waals surface area (Å²) in [7, 11) is 1.33. The first-order valence-electron chi connectivity index (χ1n) is 5.64. The molecule has 0 fully saturated rings. The van der Waals surface area contributed by atoms with Crippen LogP contribution in [0, 0.1) is 0 Å². The molecule has 0 aliphatic rings. The van der Waals surface area contributed by atoms with E-state index in [2.05, 4.69) is 23.6 Å². The number of methoxy groups -OCH3 is 1. The van der Waals surface area contributed by atoms with Gasteiger partial charge in [-0.15, -0.1) is 0 Å². The second kappa shape index (κ2) is 8.95. The Hall–Kier alpha value is -1.32. The van der Waals surface area contributed by atoms with Gasteiger partial charge in [-0.25, -0.2) is 0 Å². The van der Waals surface area contributed by atoms with Gasteiger partial charge < -0.3 is 10.1 Å². The number of hydrogen-bond acceptors (Lipinski definition) is 3. The molecule has 0 saturated heterocycles. The van der Waals surface area contributed by atoms with E-state index < -0.39 is 0 Å². The fourth-order valence-corrected chi connectivity index (χ4v) is 1.21. The van der Waals surface area contributed by atoms with Crippen LogP contribution in [0.5, 0.6) is 0 Å². The van der Waals surface area contributed by atoms with Crippen molar-refractivity contribution >= 4 is 11.9 Å². The summed E-state index contributed by atoms with van der Waals surface area (Å²) < 4.78 is 4.46. The summed E-state index contributed by atoms with van der Waals surface area (Å²) in [5.41, 5.74) is 0.582. The van der Waals surface area contributed by atoms with Crippen LogP contribution in [0.15, 0.2) is 12.2 Å². The van der Waals surface area contributed by atoms with E-state index in [0.717, 1.165) is 25.7 Å². The van der Waals surface area contributed by atoms with Gasteiger partial charge >= 0.3 is 5.97 Å². The third-order valence-electron chi connectivity index (χ3n) is 2.25. The third-order valence-corrected chi connectivity index (χ3v) is 2.25. The Kier molecular flexibility index (Phi) is 8.21. The minimum Gasteiger partial charge on any atom is -0.469 e. The highest BCUT2D eigenvalue weighted by Gasteiger charge is 2.07. The number of amides is 1. The largest absolute Gasteiger partial charge is 0.469 e. The lowest BCUT2D eigenvalue weighted by atomic mass is 10.1. The average molecular weight is 227 g/mol. The zero-order chi connectivity index (χ0) is 12.4. The molecule has 16 heavy (non-hydrogen) atoms. The van der Waals surface area contributed by atoms with Crippen molar-refractivity contribution in [2.24, 2.45) is 0 Å². The molecule has 0 unspecified atom stereocenters. The molecule has 0 heterocycles. The van der Waals surface area contributed by atoms with E-state index in [0.29, 0.717) is 12.1 Å². The average Bonchev–Trinajstić information content (AvgIpc) is 2.28. The van der Waals surface area contributed by atoms with Crippen LogP contribution in [0.4, 0.5) is 0 Å². The summed E-state index contributed by atoms with van der Waals surface area (Å²) >= 11 is 0. The number of carbonyl (C=O) groups is 2. The molecule has 0 aromatic heterocycles. The maximum Gasteiger partial charge on any atom is 0.307 e. The molecule has 0 spiro atoms. The van der Waals surface area contributed by atoms with Crippen molar-refractivity contribution in [2.45, 2.75) is 39.0 Å². The van der Waals surface area contributed by atoms with Gasteiger partial charge in [0.2, 0.25) is 5.91 Å². The summed E-state index contributed by atoms with van der Waals surface area (Å²) in [6, 6.07) is 0. The Balaban J connectivity index is 3.63. The number of esters is 1. The van der Waals surface area contributed by atoms with Gasteiger partial charge in [0.15, 0.2) is 0 Å². The first kappa shape index (κ1) is 14.7. The zero-order valence-corrected chi connectivity index (χ0v) is 10.2. The fourth-order valence-electron chi connectivity index (χ4n) is 1.21. The normalized spacial score (nSPS) is 9.62. The van der Waals surface area contributed by atoms with Crippen LogP contribution >= 0.6 is 0 Å². The van der Waals surface area contributed by atoms with Gasteiger partial charge in [0, 0.05) is 12.1 Å². The third kappa shape index (κ3) is 7.04. The predicted octanol–water partition coefficient (Wildman–Crippen LogP) is 1.80. The van der Waals surface area contributed by atoms with Crippen molar-refractivity contribution in [3.05, 3.63) is 12.2 Å². The molecule has 92 valence electrons. The highest BCUT2D eigenvalue weighted by molar-refractivity contribution is 5.92. The smallest absolute Gasteiger partial charge is 0.307 e. The molecule has 0 rings (SSSR count). The minimum absolute atomic E-state index is 0.167. The Labute approximate surface area is 97.1 Å². The zero-order valence-electron chi connectivity index (χ0n) is 10.2. The molecular weight excluding hydrogens is 206 g/mol. The monoisotopic (exact) mass is 227 g/mol. The highest BCUT2D eigenvalue weighted by atomic mass is 16.5. The van der Waals surface area contributed by atoms with Crippen LogP contribution in [-0.2, 0) is 14.3 Å². The first-order valence-corrected chi connectivity index (χ1v) is 5.64. The molecule has 0 atom stereocenters. The SMILES string of the molecule is C=C(CCCCC)C(=O)NCCC(=O)OC. The maximum atomic E-state index is 11.4.